The van der Waals surface area contributed by atoms with Crippen LogP contribution in [0.5, 0.6) is 0 Å². The predicted molar refractivity (Wildman–Crippen MR) is 33.8 cm³/mol. The SMILES string of the molecule is Cc1cc(F)c(C(F)F)c(F)n1. The van der Waals surface area contributed by atoms with E-state index < -0.39 is 23.8 Å². The Morgan fingerprint density at radius 2 is 1.92 bits per heavy atom. The summed E-state index contributed by atoms with van der Waals surface area (Å²) in [6.07, 6.45) is -3.17. The number of alkyl halides is 2. The summed E-state index contributed by atoms with van der Waals surface area (Å²) in [4.78, 5) is 3.07. The summed E-state index contributed by atoms with van der Waals surface area (Å²) in [6, 6.07) is 0.768. The highest BCUT2D eigenvalue weighted by atomic mass is 19.3. The highest BCUT2D eigenvalue weighted by Gasteiger charge is 2.20. The van der Waals surface area contributed by atoms with Crippen LogP contribution < -0.4 is 0 Å². The Bertz CT molecular complexity index is 274. The number of aryl methyl sites for hydroxylation is 1. The fourth-order valence-electron chi connectivity index (χ4n) is 0.801. The van der Waals surface area contributed by atoms with Crippen LogP contribution in [-0.2, 0) is 0 Å². The van der Waals surface area contributed by atoms with E-state index in [4.69, 9.17) is 0 Å². The summed E-state index contributed by atoms with van der Waals surface area (Å²) in [7, 11) is 0. The summed E-state index contributed by atoms with van der Waals surface area (Å²) in [5.41, 5.74) is -1.23. The molecule has 1 aromatic heterocycles. The monoisotopic (exact) mass is 179 g/mol. The molecule has 0 aliphatic carbocycles. The molecule has 0 spiro atoms. The largest absolute Gasteiger partial charge is 0.271 e. The van der Waals surface area contributed by atoms with Gasteiger partial charge in [-0.05, 0) is 13.0 Å². The number of nitrogens with zero attached hydrogens (tertiary/aromatic N) is 1. The van der Waals surface area contributed by atoms with E-state index in [1.165, 1.54) is 6.92 Å². The molecule has 0 aliphatic rings. The van der Waals surface area contributed by atoms with Crippen LogP contribution in [0.4, 0.5) is 17.6 Å². The Hall–Kier alpha value is -1.13. The third-order valence-electron chi connectivity index (χ3n) is 1.31. The number of pyridine rings is 1. The van der Waals surface area contributed by atoms with Crippen molar-refractivity contribution in [3.63, 3.8) is 0 Å². The first kappa shape index (κ1) is 8.96. The molecule has 0 atom stereocenters. The molecule has 0 amide bonds. The molecule has 1 heterocycles. The van der Waals surface area contributed by atoms with Crippen molar-refractivity contribution in [2.45, 2.75) is 13.3 Å². The maximum absolute atomic E-state index is 12.6. The zero-order valence-electron chi connectivity index (χ0n) is 6.11. The molecule has 5 heteroatoms. The molecule has 66 valence electrons. The summed E-state index contributed by atoms with van der Waals surface area (Å²) in [5.74, 6) is -2.70. The van der Waals surface area contributed by atoms with Gasteiger partial charge in [-0.2, -0.15) is 4.39 Å². The van der Waals surface area contributed by atoms with Crippen LogP contribution in [0.2, 0.25) is 0 Å². The van der Waals surface area contributed by atoms with Crippen molar-refractivity contribution in [3.8, 4) is 0 Å². The lowest BCUT2D eigenvalue weighted by Crippen LogP contribution is -2.00. The van der Waals surface area contributed by atoms with E-state index in [-0.39, 0.29) is 5.69 Å². The number of aromatic nitrogens is 1. The normalized spacial score (nSPS) is 10.8. The van der Waals surface area contributed by atoms with Gasteiger partial charge < -0.3 is 0 Å². The molecular formula is C7H5F4N. The lowest BCUT2D eigenvalue weighted by Gasteiger charge is -2.02. The highest BCUT2D eigenvalue weighted by Crippen LogP contribution is 2.23. The van der Waals surface area contributed by atoms with Crippen molar-refractivity contribution >= 4 is 0 Å². The van der Waals surface area contributed by atoms with Gasteiger partial charge >= 0.3 is 0 Å². The van der Waals surface area contributed by atoms with E-state index in [0.29, 0.717) is 0 Å². The van der Waals surface area contributed by atoms with Crippen LogP contribution in [-0.4, -0.2) is 4.98 Å². The second kappa shape index (κ2) is 3.08. The van der Waals surface area contributed by atoms with Crippen molar-refractivity contribution < 1.29 is 17.6 Å². The van der Waals surface area contributed by atoms with Gasteiger partial charge in [-0.1, -0.05) is 0 Å². The maximum atomic E-state index is 12.6. The molecule has 0 saturated carbocycles. The van der Waals surface area contributed by atoms with E-state index in [2.05, 4.69) is 4.98 Å². The topological polar surface area (TPSA) is 12.9 Å². The molecule has 0 saturated heterocycles. The molecule has 1 aromatic rings. The summed E-state index contributed by atoms with van der Waals surface area (Å²) in [6.45, 7) is 1.32. The quantitative estimate of drug-likeness (QED) is 0.477. The standard InChI is InChI=1S/C7H5F4N/c1-3-2-4(8)5(6(9)10)7(11)12-3/h2,6H,1H3. The van der Waals surface area contributed by atoms with Crippen LogP contribution in [0.1, 0.15) is 17.7 Å². The van der Waals surface area contributed by atoms with Gasteiger partial charge in [0.25, 0.3) is 6.43 Å². The van der Waals surface area contributed by atoms with Crippen molar-refractivity contribution in [2.24, 2.45) is 0 Å². The highest BCUT2D eigenvalue weighted by molar-refractivity contribution is 5.18. The summed E-state index contributed by atoms with van der Waals surface area (Å²) in [5, 5.41) is 0. The van der Waals surface area contributed by atoms with Gasteiger partial charge in [-0.25, -0.2) is 18.2 Å². The van der Waals surface area contributed by atoms with E-state index >= 15 is 0 Å². The van der Waals surface area contributed by atoms with Gasteiger partial charge in [0.2, 0.25) is 5.95 Å². The second-order valence-corrected chi connectivity index (χ2v) is 2.25. The number of halogens is 4. The lowest BCUT2D eigenvalue weighted by atomic mass is 10.2. The van der Waals surface area contributed by atoms with Crippen molar-refractivity contribution in [3.05, 3.63) is 29.1 Å². The molecule has 0 radical (unpaired) electrons. The molecular weight excluding hydrogens is 174 g/mol. The van der Waals surface area contributed by atoms with E-state index in [0.717, 1.165) is 6.07 Å². The van der Waals surface area contributed by atoms with Crippen molar-refractivity contribution in [1.82, 2.24) is 4.98 Å². The van der Waals surface area contributed by atoms with E-state index in [1.807, 2.05) is 0 Å². The fraction of sp³-hybridized carbons (Fsp3) is 0.286. The zero-order chi connectivity index (χ0) is 9.30. The number of hydrogen-bond donors (Lipinski definition) is 0. The van der Waals surface area contributed by atoms with Gasteiger partial charge in [0, 0.05) is 5.69 Å². The predicted octanol–water partition coefficient (Wildman–Crippen LogP) is 2.61. The minimum absolute atomic E-state index is 0.0365. The molecule has 0 fully saturated rings. The van der Waals surface area contributed by atoms with E-state index in [9.17, 15) is 17.6 Å². The summed E-state index contributed by atoms with van der Waals surface area (Å²) < 4.78 is 48.9. The first-order chi connectivity index (χ1) is 5.52. The van der Waals surface area contributed by atoms with Crippen LogP contribution in [0.3, 0.4) is 0 Å². The maximum Gasteiger partial charge on any atom is 0.271 e. The first-order valence-corrected chi connectivity index (χ1v) is 3.13. The van der Waals surface area contributed by atoms with Gasteiger partial charge in [-0.3, -0.25) is 0 Å². The first-order valence-electron chi connectivity index (χ1n) is 3.13. The van der Waals surface area contributed by atoms with Gasteiger partial charge in [0.05, 0.1) is 0 Å². The van der Waals surface area contributed by atoms with Crippen LogP contribution >= 0.6 is 0 Å². The third-order valence-corrected chi connectivity index (χ3v) is 1.31. The Morgan fingerprint density at radius 1 is 1.33 bits per heavy atom. The lowest BCUT2D eigenvalue weighted by molar-refractivity contribution is 0.139. The van der Waals surface area contributed by atoms with Gasteiger partial charge in [-0.15, -0.1) is 0 Å². The zero-order valence-corrected chi connectivity index (χ0v) is 6.11. The Balaban J connectivity index is 3.28. The van der Waals surface area contributed by atoms with Crippen LogP contribution in [0.25, 0.3) is 0 Å². The minimum atomic E-state index is -3.17. The third kappa shape index (κ3) is 1.54. The van der Waals surface area contributed by atoms with Gasteiger partial charge in [0.1, 0.15) is 11.4 Å². The Labute approximate surface area is 66.0 Å². The molecule has 0 aliphatic heterocycles. The molecule has 1 rings (SSSR count). The molecule has 0 bridgehead atoms. The molecule has 0 unspecified atom stereocenters. The van der Waals surface area contributed by atoms with Crippen molar-refractivity contribution in [1.29, 1.82) is 0 Å². The average Bonchev–Trinajstić information content (AvgIpc) is 1.82. The Morgan fingerprint density at radius 3 is 2.33 bits per heavy atom. The number of rotatable bonds is 1. The summed E-state index contributed by atoms with van der Waals surface area (Å²) >= 11 is 0. The molecule has 0 aromatic carbocycles. The average molecular weight is 179 g/mol. The van der Waals surface area contributed by atoms with Gasteiger partial charge in [0.15, 0.2) is 0 Å². The molecule has 12 heavy (non-hydrogen) atoms. The minimum Gasteiger partial charge on any atom is -0.225 e. The van der Waals surface area contributed by atoms with E-state index in [1.54, 1.807) is 0 Å². The molecule has 1 nitrogen and oxygen atoms in total. The fourth-order valence-corrected chi connectivity index (χ4v) is 0.801. The molecule has 0 N–H and O–H groups in total. The van der Waals surface area contributed by atoms with Crippen LogP contribution in [0, 0.1) is 18.7 Å². The second-order valence-electron chi connectivity index (χ2n) is 2.25. The van der Waals surface area contributed by atoms with Crippen LogP contribution in [0.15, 0.2) is 6.07 Å². The number of hydrogen-bond acceptors (Lipinski definition) is 1. The Kier molecular flexibility index (Phi) is 2.30. The smallest absolute Gasteiger partial charge is 0.225 e. The van der Waals surface area contributed by atoms with Crippen molar-refractivity contribution in [2.75, 3.05) is 0 Å².